The van der Waals surface area contributed by atoms with E-state index in [1.807, 2.05) is 31.2 Å². The molecule has 0 atom stereocenters. The Labute approximate surface area is 139 Å². The lowest BCUT2D eigenvalue weighted by Gasteiger charge is -2.12. The summed E-state index contributed by atoms with van der Waals surface area (Å²) in [5.74, 6) is 0.759. The Morgan fingerprint density at radius 2 is 1.95 bits per heavy atom. The standard InChI is InChI=1S/C16H16Cl2N2O2/c1-2-11-5-3-4-6-15(11)22-10-19-16(21)20-14-8-7-12(17)9-13(14)18/h3-9H,2,10H2,1H3,(H2,19,20,21). The highest BCUT2D eigenvalue weighted by Crippen LogP contribution is 2.25. The summed E-state index contributed by atoms with van der Waals surface area (Å²) in [5, 5.41) is 6.13. The largest absolute Gasteiger partial charge is 0.473 e. The molecule has 22 heavy (non-hydrogen) atoms. The van der Waals surface area contributed by atoms with E-state index in [0.29, 0.717) is 15.7 Å². The van der Waals surface area contributed by atoms with Crippen LogP contribution in [0.25, 0.3) is 0 Å². The number of anilines is 1. The van der Waals surface area contributed by atoms with Crippen molar-refractivity contribution >= 4 is 34.9 Å². The van der Waals surface area contributed by atoms with Crippen LogP contribution in [-0.4, -0.2) is 12.8 Å². The summed E-state index contributed by atoms with van der Waals surface area (Å²) >= 11 is 11.8. The number of para-hydroxylation sites is 1. The normalized spacial score (nSPS) is 10.1. The van der Waals surface area contributed by atoms with Crippen molar-refractivity contribution in [1.29, 1.82) is 0 Å². The molecule has 0 bridgehead atoms. The number of halogens is 2. The number of rotatable bonds is 5. The third-order valence-electron chi connectivity index (χ3n) is 2.99. The van der Waals surface area contributed by atoms with Gasteiger partial charge in [-0.3, -0.25) is 0 Å². The first-order valence-electron chi connectivity index (χ1n) is 6.80. The first-order chi connectivity index (χ1) is 10.6. The Morgan fingerprint density at radius 3 is 2.68 bits per heavy atom. The fourth-order valence-electron chi connectivity index (χ4n) is 1.87. The van der Waals surface area contributed by atoms with Crippen LogP contribution in [0.3, 0.4) is 0 Å². The molecule has 0 aromatic heterocycles. The van der Waals surface area contributed by atoms with Crippen LogP contribution in [0.4, 0.5) is 10.5 Å². The zero-order valence-electron chi connectivity index (χ0n) is 12.0. The van der Waals surface area contributed by atoms with E-state index < -0.39 is 6.03 Å². The van der Waals surface area contributed by atoms with Gasteiger partial charge in [-0.15, -0.1) is 0 Å². The number of carbonyl (C=O) groups is 1. The van der Waals surface area contributed by atoms with Crippen molar-refractivity contribution < 1.29 is 9.53 Å². The van der Waals surface area contributed by atoms with Gasteiger partial charge in [0.25, 0.3) is 0 Å². The Hall–Kier alpha value is -1.91. The van der Waals surface area contributed by atoms with Gasteiger partial charge in [-0.1, -0.05) is 48.3 Å². The highest BCUT2D eigenvalue weighted by atomic mass is 35.5. The second kappa shape index (κ2) is 7.92. The molecular formula is C16H16Cl2N2O2. The van der Waals surface area contributed by atoms with Gasteiger partial charge in [0.05, 0.1) is 10.7 Å². The maximum absolute atomic E-state index is 11.8. The molecule has 0 aliphatic rings. The Kier molecular flexibility index (Phi) is 5.92. The molecule has 2 amide bonds. The highest BCUT2D eigenvalue weighted by Gasteiger charge is 2.06. The Morgan fingerprint density at radius 1 is 1.18 bits per heavy atom. The van der Waals surface area contributed by atoms with E-state index in [4.69, 9.17) is 27.9 Å². The molecule has 2 N–H and O–H groups in total. The van der Waals surface area contributed by atoms with Gasteiger partial charge >= 0.3 is 6.03 Å². The van der Waals surface area contributed by atoms with Gasteiger partial charge in [-0.05, 0) is 36.2 Å². The summed E-state index contributed by atoms with van der Waals surface area (Å²) in [6.45, 7) is 2.11. The van der Waals surface area contributed by atoms with Crippen molar-refractivity contribution in [3.05, 3.63) is 58.1 Å². The summed E-state index contributed by atoms with van der Waals surface area (Å²) in [4.78, 5) is 11.8. The fraction of sp³-hybridized carbons (Fsp3) is 0.188. The van der Waals surface area contributed by atoms with Crippen LogP contribution in [0.5, 0.6) is 5.75 Å². The van der Waals surface area contributed by atoms with Crippen molar-refractivity contribution in [3.8, 4) is 5.75 Å². The molecule has 0 radical (unpaired) electrons. The van der Waals surface area contributed by atoms with Gasteiger partial charge in [-0.25, -0.2) is 4.79 Å². The number of benzene rings is 2. The minimum Gasteiger partial charge on any atom is -0.473 e. The zero-order valence-corrected chi connectivity index (χ0v) is 13.5. The van der Waals surface area contributed by atoms with E-state index in [1.54, 1.807) is 18.2 Å². The second-order valence-electron chi connectivity index (χ2n) is 4.51. The van der Waals surface area contributed by atoms with E-state index >= 15 is 0 Å². The molecule has 0 fully saturated rings. The summed E-state index contributed by atoms with van der Waals surface area (Å²) in [6, 6.07) is 12.1. The molecule has 2 aromatic carbocycles. The first kappa shape index (κ1) is 16.5. The molecule has 2 aromatic rings. The van der Waals surface area contributed by atoms with E-state index in [0.717, 1.165) is 17.7 Å². The van der Waals surface area contributed by atoms with Crippen LogP contribution >= 0.6 is 23.2 Å². The van der Waals surface area contributed by atoms with Crippen LogP contribution in [0.1, 0.15) is 12.5 Å². The number of ether oxygens (including phenoxy) is 1. The Bertz CT molecular complexity index is 662. The molecule has 0 saturated heterocycles. The molecule has 0 heterocycles. The third-order valence-corrected chi connectivity index (χ3v) is 3.54. The maximum atomic E-state index is 11.8. The predicted molar refractivity (Wildman–Crippen MR) is 89.9 cm³/mol. The van der Waals surface area contributed by atoms with Gasteiger partial charge in [0.15, 0.2) is 6.73 Å². The van der Waals surface area contributed by atoms with Crippen molar-refractivity contribution in [3.63, 3.8) is 0 Å². The quantitative estimate of drug-likeness (QED) is 0.775. The Balaban J connectivity index is 1.85. The minimum absolute atomic E-state index is 0.0635. The second-order valence-corrected chi connectivity index (χ2v) is 5.35. The smallest absolute Gasteiger partial charge is 0.321 e. The van der Waals surface area contributed by atoms with E-state index in [9.17, 15) is 4.79 Å². The van der Waals surface area contributed by atoms with Crippen LogP contribution in [0.2, 0.25) is 10.0 Å². The van der Waals surface area contributed by atoms with Crippen LogP contribution < -0.4 is 15.4 Å². The van der Waals surface area contributed by atoms with Gasteiger partial charge in [0.1, 0.15) is 5.75 Å². The monoisotopic (exact) mass is 338 g/mol. The average Bonchev–Trinajstić information content (AvgIpc) is 2.50. The molecule has 0 spiro atoms. The summed E-state index contributed by atoms with van der Waals surface area (Å²) < 4.78 is 5.56. The molecule has 2 rings (SSSR count). The van der Waals surface area contributed by atoms with Crippen molar-refractivity contribution in [2.24, 2.45) is 0 Å². The third kappa shape index (κ3) is 4.55. The van der Waals surface area contributed by atoms with Crippen molar-refractivity contribution in [2.75, 3.05) is 12.0 Å². The van der Waals surface area contributed by atoms with Crippen molar-refractivity contribution in [1.82, 2.24) is 5.32 Å². The fourth-order valence-corrected chi connectivity index (χ4v) is 2.33. The number of amides is 2. The van der Waals surface area contributed by atoms with E-state index in [-0.39, 0.29) is 6.73 Å². The summed E-state index contributed by atoms with van der Waals surface area (Å²) in [7, 11) is 0. The lowest BCUT2D eigenvalue weighted by molar-refractivity contribution is 0.234. The molecule has 0 saturated carbocycles. The number of nitrogens with one attached hydrogen (secondary N) is 2. The van der Waals surface area contributed by atoms with Gasteiger partial charge in [-0.2, -0.15) is 0 Å². The number of hydrogen-bond acceptors (Lipinski definition) is 2. The van der Waals surface area contributed by atoms with Crippen LogP contribution in [0.15, 0.2) is 42.5 Å². The van der Waals surface area contributed by atoms with Crippen LogP contribution in [-0.2, 0) is 6.42 Å². The summed E-state index contributed by atoms with van der Waals surface area (Å²) in [5.41, 5.74) is 1.57. The molecule has 0 unspecified atom stereocenters. The SMILES string of the molecule is CCc1ccccc1OCNC(=O)Nc1ccc(Cl)cc1Cl. The molecule has 0 aliphatic heterocycles. The lowest BCUT2D eigenvalue weighted by atomic mass is 10.1. The summed E-state index contributed by atoms with van der Waals surface area (Å²) in [6.07, 6.45) is 0.864. The van der Waals surface area contributed by atoms with E-state index in [2.05, 4.69) is 10.6 Å². The molecule has 6 heteroatoms. The molecule has 4 nitrogen and oxygen atoms in total. The minimum atomic E-state index is -0.404. The zero-order chi connectivity index (χ0) is 15.9. The van der Waals surface area contributed by atoms with Gasteiger partial charge < -0.3 is 15.4 Å². The number of hydrogen-bond donors (Lipinski definition) is 2. The molecule has 116 valence electrons. The number of urea groups is 1. The molecule has 0 aliphatic carbocycles. The maximum Gasteiger partial charge on any atom is 0.321 e. The lowest BCUT2D eigenvalue weighted by Crippen LogP contribution is -2.32. The van der Waals surface area contributed by atoms with Crippen molar-refractivity contribution in [2.45, 2.75) is 13.3 Å². The van der Waals surface area contributed by atoms with Gasteiger partial charge in [0, 0.05) is 5.02 Å². The van der Waals surface area contributed by atoms with E-state index in [1.165, 1.54) is 0 Å². The number of carbonyl (C=O) groups excluding carboxylic acids is 1. The van der Waals surface area contributed by atoms with Gasteiger partial charge in [0.2, 0.25) is 0 Å². The highest BCUT2D eigenvalue weighted by molar-refractivity contribution is 6.36. The molecular weight excluding hydrogens is 323 g/mol. The van der Waals surface area contributed by atoms with Crippen LogP contribution in [0, 0.1) is 0 Å². The predicted octanol–water partition coefficient (Wildman–Crippen LogP) is 4.71. The average molecular weight is 339 g/mol. The first-order valence-corrected chi connectivity index (χ1v) is 7.56. The number of aryl methyl sites for hydroxylation is 1. The topological polar surface area (TPSA) is 50.4 Å².